The van der Waals surface area contributed by atoms with Crippen LogP contribution >= 0.6 is 11.6 Å². The number of carbonyl (C=O) groups is 2. The van der Waals surface area contributed by atoms with Gasteiger partial charge in [-0.2, -0.15) is 0 Å². The van der Waals surface area contributed by atoms with E-state index in [0.717, 1.165) is 0 Å². The van der Waals surface area contributed by atoms with Crippen molar-refractivity contribution in [3.63, 3.8) is 0 Å². The number of rotatable bonds is 6. The SMILES string of the molecule is CC(Cl)C(=O)Nc1ccccc1OCCC(N)=O. The molecule has 1 atom stereocenters. The summed E-state index contributed by atoms with van der Waals surface area (Å²) in [6.07, 6.45) is 0.119. The maximum atomic E-state index is 11.5. The summed E-state index contributed by atoms with van der Waals surface area (Å²) in [5.41, 5.74) is 5.52. The number of nitrogens with two attached hydrogens (primary N) is 1. The number of hydrogen-bond acceptors (Lipinski definition) is 3. The number of carbonyl (C=O) groups excluding carboxylic acids is 2. The molecule has 0 radical (unpaired) electrons. The van der Waals surface area contributed by atoms with Crippen molar-refractivity contribution < 1.29 is 14.3 Å². The van der Waals surface area contributed by atoms with Gasteiger partial charge in [-0.25, -0.2) is 0 Å². The summed E-state index contributed by atoms with van der Waals surface area (Å²) in [7, 11) is 0. The predicted octanol–water partition coefficient (Wildman–Crippen LogP) is 1.51. The molecule has 1 aromatic rings. The van der Waals surface area contributed by atoms with Crippen molar-refractivity contribution >= 4 is 29.1 Å². The van der Waals surface area contributed by atoms with Gasteiger partial charge in [-0.1, -0.05) is 12.1 Å². The second-order valence-corrected chi connectivity index (χ2v) is 4.32. The van der Waals surface area contributed by atoms with Crippen LogP contribution in [0.4, 0.5) is 5.69 Å². The highest BCUT2D eigenvalue weighted by atomic mass is 35.5. The summed E-state index contributed by atoms with van der Waals surface area (Å²) in [4.78, 5) is 22.1. The molecule has 3 N–H and O–H groups in total. The maximum Gasteiger partial charge on any atom is 0.242 e. The molecule has 98 valence electrons. The number of alkyl halides is 1. The van der Waals surface area contributed by atoms with E-state index in [0.29, 0.717) is 11.4 Å². The Morgan fingerprint density at radius 2 is 2.11 bits per heavy atom. The van der Waals surface area contributed by atoms with Crippen LogP contribution in [0.3, 0.4) is 0 Å². The van der Waals surface area contributed by atoms with Crippen LogP contribution in [0.25, 0.3) is 0 Å². The van der Waals surface area contributed by atoms with Crippen LogP contribution in [0, 0.1) is 0 Å². The lowest BCUT2D eigenvalue weighted by Gasteiger charge is -2.12. The van der Waals surface area contributed by atoms with E-state index >= 15 is 0 Å². The molecule has 1 unspecified atom stereocenters. The van der Waals surface area contributed by atoms with Gasteiger partial charge in [0.05, 0.1) is 18.7 Å². The van der Waals surface area contributed by atoms with E-state index in [9.17, 15) is 9.59 Å². The molecule has 1 rings (SSSR count). The Morgan fingerprint density at radius 1 is 1.44 bits per heavy atom. The quantitative estimate of drug-likeness (QED) is 0.769. The summed E-state index contributed by atoms with van der Waals surface area (Å²) in [5, 5.41) is 2.00. The Kier molecular flexibility index (Phi) is 5.45. The first-order chi connectivity index (χ1) is 8.50. The summed E-state index contributed by atoms with van der Waals surface area (Å²) in [6.45, 7) is 1.74. The van der Waals surface area contributed by atoms with Crippen LogP contribution < -0.4 is 15.8 Å². The topological polar surface area (TPSA) is 81.4 Å². The molecule has 0 aliphatic carbocycles. The van der Waals surface area contributed by atoms with Gasteiger partial charge in [-0.15, -0.1) is 11.6 Å². The second kappa shape index (κ2) is 6.86. The predicted molar refractivity (Wildman–Crippen MR) is 69.7 cm³/mol. The first-order valence-electron chi connectivity index (χ1n) is 5.45. The fourth-order valence-electron chi connectivity index (χ4n) is 1.19. The molecular weight excluding hydrogens is 256 g/mol. The normalized spacial score (nSPS) is 11.7. The first kappa shape index (κ1) is 14.3. The molecule has 0 spiro atoms. The highest BCUT2D eigenvalue weighted by Gasteiger charge is 2.12. The number of anilines is 1. The molecule has 0 aromatic heterocycles. The number of para-hydroxylation sites is 2. The van der Waals surface area contributed by atoms with Crippen molar-refractivity contribution in [2.75, 3.05) is 11.9 Å². The number of benzene rings is 1. The Hall–Kier alpha value is -1.75. The van der Waals surface area contributed by atoms with E-state index in [1.54, 1.807) is 31.2 Å². The average molecular weight is 271 g/mol. The van der Waals surface area contributed by atoms with Gasteiger partial charge in [0, 0.05) is 0 Å². The van der Waals surface area contributed by atoms with Crippen molar-refractivity contribution in [2.45, 2.75) is 18.7 Å². The summed E-state index contributed by atoms with van der Waals surface area (Å²) >= 11 is 5.66. The van der Waals surface area contributed by atoms with Gasteiger partial charge in [-0.05, 0) is 19.1 Å². The number of primary amides is 1. The first-order valence-corrected chi connectivity index (χ1v) is 5.89. The zero-order valence-corrected chi connectivity index (χ0v) is 10.7. The van der Waals surface area contributed by atoms with Crippen LogP contribution in [0.15, 0.2) is 24.3 Å². The van der Waals surface area contributed by atoms with Gasteiger partial charge >= 0.3 is 0 Å². The van der Waals surface area contributed by atoms with Crippen LogP contribution in [-0.4, -0.2) is 23.8 Å². The fourth-order valence-corrected chi connectivity index (χ4v) is 1.24. The zero-order valence-electron chi connectivity index (χ0n) is 9.98. The van der Waals surface area contributed by atoms with E-state index in [-0.39, 0.29) is 18.9 Å². The molecule has 2 amide bonds. The lowest BCUT2D eigenvalue weighted by atomic mass is 10.3. The van der Waals surface area contributed by atoms with Crippen molar-refractivity contribution in [1.82, 2.24) is 0 Å². The molecule has 0 saturated heterocycles. The Bertz CT molecular complexity index is 435. The Morgan fingerprint density at radius 3 is 2.72 bits per heavy atom. The Labute approximate surface area is 110 Å². The van der Waals surface area contributed by atoms with E-state index in [1.165, 1.54) is 0 Å². The van der Waals surface area contributed by atoms with Gasteiger partial charge in [0.2, 0.25) is 11.8 Å². The smallest absolute Gasteiger partial charge is 0.242 e. The minimum atomic E-state index is -0.635. The highest BCUT2D eigenvalue weighted by molar-refractivity contribution is 6.32. The molecule has 6 heteroatoms. The highest BCUT2D eigenvalue weighted by Crippen LogP contribution is 2.24. The summed E-state index contributed by atoms with van der Waals surface area (Å²) in [5.74, 6) is -0.280. The molecule has 0 heterocycles. The third-order valence-electron chi connectivity index (χ3n) is 2.11. The van der Waals surface area contributed by atoms with Gasteiger partial charge < -0.3 is 15.8 Å². The Balaban J connectivity index is 2.67. The fraction of sp³-hybridized carbons (Fsp3) is 0.333. The molecule has 18 heavy (non-hydrogen) atoms. The van der Waals surface area contributed by atoms with Crippen molar-refractivity contribution in [3.8, 4) is 5.75 Å². The molecule has 5 nitrogen and oxygen atoms in total. The lowest BCUT2D eigenvalue weighted by Crippen LogP contribution is -2.21. The number of halogens is 1. The largest absolute Gasteiger partial charge is 0.491 e. The molecule has 0 aliphatic heterocycles. The average Bonchev–Trinajstić information content (AvgIpc) is 2.30. The minimum Gasteiger partial charge on any atom is -0.491 e. The maximum absolute atomic E-state index is 11.5. The van der Waals surface area contributed by atoms with E-state index in [1.807, 2.05) is 0 Å². The van der Waals surface area contributed by atoms with E-state index in [4.69, 9.17) is 22.1 Å². The number of nitrogens with one attached hydrogen (secondary N) is 1. The van der Waals surface area contributed by atoms with Crippen molar-refractivity contribution in [1.29, 1.82) is 0 Å². The van der Waals surface area contributed by atoms with Gasteiger partial charge in [0.25, 0.3) is 0 Å². The van der Waals surface area contributed by atoms with E-state index < -0.39 is 11.3 Å². The molecule has 0 fully saturated rings. The van der Waals surface area contributed by atoms with Gasteiger partial charge in [0.15, 0.2) is 0 Å². The number of hydrogen-bond donors (Lipinski definition) is 2. The molecule has 0 bridgehead atoms. The monoisotopic (exact) mass is 270 g/mol. The third kappa shape index (κ3) is 4.63. The third-order valence-corrected chi connectivity index (χ3v) is 2.31. The van der Waals surface area contributed by atoms with Crippen LogP contribution in [-0.2, 0) is 9.59 Å². The molecule has 0 saturated carbocycles. The molecule has 0 aliphatic rings. The zero-order chi connectivity index (χ0) is 13.5. The number of amides is 2. The minimum absolute atomic E-state index is 0.119. The standard InChI is InChI=1S/C12H15ClN2O3/c1-8(13)12(17)15-9-4-2-3-5-10(9)18-7-6-11(14)16/h2-5,8H,6-7H2,1H3,(H2,14,16)(H,15,17). The molecular formula is C12H15ClN2O3. The van der Waals surface area contributed by atoms with E-state index in [2.05, 4.69) is 5.32 Å². The summed E-state index contributed by atoms with van der Waals surface area (Å²) < 4.78 is 5.37. The summed E-state index contributed by atoms with van der Waals surface area (Å²) in [6, 6.07) is 6.90. The lowest BCUT2D eigenvalue weighted by molar-refractivity contribution is -0.118. The van der Waals surface area contributed by atoms with Crippen molar-refractivity contribution in [3.05, 3.63) is 24.3 Å². The second-order valence-electron chi connectivity index (χ2n) is 3.67. The van der Waals surface area contributed by atoms with Gasteiger partial charge in [0.1, 0.15) is 11.1 Å². The molecule has 1 aromatic carbocycles. The van der Waals surface area contributed by atoms with Crippen LogP contribution in [0.5, 0.6) is 5.75 Å². The number of ether oxygens (including phenoxy) is 1. The van der Waals surface area contributed by atoms with Gasteiger partial charge in [-0.3, -0.25) is 9.59 Å². The van der Waals surface area contributed by atoms with Crippen LogP contribution in [0.1, 0.15) is 13.3 Å². The van der Waals surface area contributed by atoms with Crippen LogP contribution in [0.2, 0.25) is 0 Å². The van der Waals surface area contributed by atoms with Crippen molar-refractivity contribution in [2.24, 2.45) is 5.73 Å².